The van der Waals surface area contributed by atoms with Crippen molar-refractivity contribution in [1.29, 1.82) is 0 Å². The number of thiophene rings is 1. The Morgan fingerprint density at radius 2 is 2.05 bits per heavy atom. The van der Waals surface area contributed by atoms with Gasteiger partial charge in [0.1, 0.15) is 11.8 Å². The van der Waals surface area contributed by atoms with Crippen LogP contribution < -0.4 is 20.7 Å². The smallest absolute Gasteiger partial charge is 0.406 e. The number of alkyl halides is 3. The number of carbonyl (C=O) groups is 2. The van der Waals surface area contributed by atoms with Gasteiger partial charge in [0.15, 0.2) is 0 Å². The van der Waals surface area contributed by atoms with E-state index in [0.29, 0.717) is 28.2 Å². The predicted octanol–water partition coefficient (Wildman–Crippen LogP) is 4.79. The number of amides is 2. The van der Waals surface area contributed by atoms with E-state index in [1.54, 1.807) is 24.4 Å². The highest BCUT2D eigenvalue weighted by Gasteiger charge is 2.31. The topological polar surface area (TPSA) is 92.3 Å². The first-order chi connectivity index (χ1) is 18.6. The summed E-state index contributed by atoms with van der Waals surface area (Å²) in [6.07, 6.45) is -0.355. The molecule has 0 bridgehead atoms. The van der Waals surface area contributed by atoms with Crippen LogP contribution in [0.5, 0.6) is 5.75 Å². The highest BCUT2D eigenvalue weighted by atomic mass is 32.1. The molecule has 1 saturated heterocycles. The molecule has 2 amide bonds. The van der Waals surface area contributed by atoms with Crippen molar-refractivity contribution in [1.82, 2.24) is 20.9 Å². The van der Waals surface area contributed by atoms with Gasteiger partial charge in [-0.15, -0.1) is 24.5 Å². The molecular weight excluding hydrogens is 529 g/mol. The first kappa shape index (κ1) is 28.6. The minimum Gasteiger partial charge on any atom is -0.406 e. The number of hydrogen-bond acceptors (Lipinski definition) is 6. The summed E-state index contributed by atoms with van der Waals surface area (Å²) in [5, 5.41) is 9.13. The lowest BCUT2D eigenvalue weighted by Crippen LogP contribution is -2.51. The average Bonchev–Trinajstić information content (AvgIpc) is 3.53. The highest BCUT2D eigenvalue weighted by Crippen LogP contribution is 2.27. The van der Waals surface area contributed by atoms with E-state index in [0.717, 1.165) is 36.2 Å². The molecule has 0 aliphatic carbocycles. The Morgan fingerprint density at radius 3 is 2.72 bits per heavy atom. The van der Waals surface area contributed by atoms with Gasteiger partial charge in [0.25, 0.3) is 5.91 Å². The van der Waals surface area contributed by atoms with Crippen LogP contribution in [0.2, 0.25) is 0 Å². The number of nitrogens with one attached hydrogen (secondary N) is 3. The van der Waals surface area contributed by atoms with Crippen LogP contribution in [0.4, 0.5) is 13.2 Å². The standard InChI is InChI=1S/C28H31F3N4O3S/c1-3-5-19-14-25(39-17(19)2)27(37)35-24(26(36)34-21-10-11-32-16-21)12-18-8-9-23(33-15-18)20-6-4-7-22(13-20)38-28(29,30)31/h4,6-9,13-15,21,24,32H,3,5,10-12,16H2,1-2H3,(H,34,36)(H,35,37)/t21-,24-/m1/s1. The van der Waals surface area contributed by atoms with Crippen LogP contribution in [0, 0.1) is 6.92 Å². The molecule has 1 aliphatic heterocycles. The molecule has 1 aromatic carbocycles. The third-order valence-corrected chi connectivity index (χ3v) is 7.51. The fraction of sp³-hybridized carbons (Fsp3) is 0.393. The molecule has 0 saturated carbocycles. The second kappa shape index (κ2) is 12.6. The van der Waals surface area contributed by atoms with E-state index in [4.69, 9.17) is 0 Å². The molecule has 11 heteroatoms. The minimum atomic E-state index is -4.79. The number of nitrogens with zero attached hydrogens (tertiary/aromatic N) is 1. The van der Waals surface area contributed by atoms with Gasteiger partial charge in [-0.25, -0.2) is 0 Å². The van der Waals surface area contributed by atoms with Crippen molar-refractivity contribution in [3.05, 3.63) is 69.5 Å². The first-order valence-electron chi connectivity index (χ1n) is 12.8. The summed E-state index contributed by atoms with van der Waals surface area (Å²) in [7, 11) is 0. The maximum absolute atomic E-state index is 13.2. The zero-order valence-electron chi connectivity index (χ0n) is 21.7. The number of aromatic nitrogens is 1. The van der Waals surface area contributed by atoms with E-state index in [1.807, 2.05) is 13.0 Å². The van der Waals surface area contributed by atoms with Gasteiger partial charge in [-0.05, 0) is 61.7 Å². The van der Waals surface area contributed by atoms with Crippen molar-refractivity contribution in [2.45, 2.75) is 58.0 Å². The number of ether oxygens (including phenoxy) is 1. The van der Waals surface area contributed by atoms with Crippen LogP contribution >= 0.6 is 11.3 Å². The fourth-order valence-corrected chi connectivity index (χ4v) is 5.45. The molecule has 3 N–H and O–H groups in total. The van der Waals surface area contributed by atoms with E-state index in [2.05, 4.69) is 32.6 Å². The molecule has 1 aliphatic rings. The Kier molecular flexibility index (Phi) is 9.24. The monoisotopic (exact) mass is 560 g/mol. The first-order valence-corrected chi connectivity index (χ1v) is 13.7. The van der Waals surface area contributed by atoms with Gasteiger partial charge in [-0.1, -0.05) is 31.5 Å². The number of carbonyl (C=O) groups excluding carboxylic acids is 2. The molecule has 2 atom stereocenters. The van der Waals surface area contributed by atoms with Crippen LogP contribution in [-0.4, -0.2) is 48.3 Å². The SMILES string of the molecule is CCCc1cc(C(=O)N[C@H](Cc2ccc(-c3cccc(OC(F)(F)F)c3)nc2)C(=O)N[C@@H]2CCNC2)sc1C. The number of aryl methyl sites for hydroxylation is 2. The minimum absolute atomic E-state index is 0.0104. The normalized spacial score (nSPS) is 16.1. The number of halogens is 3. The quantitative estimate of drug-likeness (QED) is 0.332. The van der Waals surface area contributed by atoms with Crippen LogP contribution in [0.25, 0.3) is 11.3 Å². The van der Waals surface area contributed by atoms with Gasteiger partial charge in [0.05, 0.1) is 10.6 Å². The van der Waals surface area contributed by atoms with Gasteiger partial charge in [-0.3, -0.25) is 14.6 Å². The Balaban J connectivity index is 1.50. The third kappa shape index (κ3) is 8.03. The molecule has 3 heterocycles. The Morgan fingerprint density at radius 1 is 1.23 bits per heavy atom. The lowest BCUT2D eigenvalue weighted by Gasteiger charge is -2.21. The average molecular weight is 561 g/mol. The summed E-state index contributed by atoms with van der Waals surface area (Å²) in [6, 6.07) is 10.0. The summed E-state index contributed by atoms with van der Waals surface area (Å²) >= 11 is 1.41. The molecule has 2 aromatic heterocycles. The molecule has 0 spiro atoms. The van der Waals surface area contributed by atoms with Gasteiger partial charge in [0, 0.05) is 35.6 Å². The zero-order chi connectivity index (χ0) is 28.0. The molecule has 3 aromatic rings. The maximum Gasteiger partial charge on any atom is 0.573 e. The summed E-state index contributed by atoms with van der Waals surface area (Å²) in [6.45, 7) is 5.56. The number of benzene rings is 1. The van der Waals surface area contributed by atoms with Crippen molar-refractivity contribution in [2.75, 3.05) is 13.1 Å². The summed E-state index contributed by atoms with van der Waals surface area (Å²) in [5.74, 6) is -0.918. The lowest BCUT2D eigenvalue weighted by atomic mass is 10.0. The van der Waals surface area contributed by atoms with Gasteiger partial charge >= 0.3 is 6.36 Å². The van der Waals surface area contributed by atoms with Gasteiger partial charge in [-0.2, -0.15) is 0 Å². The summed E-state index contributed by atoms with van der Waals surface area (Å²) < 4.78 is 41.8. The molecule has 0 radical (unpaired) electrons. The molecular formula is C28H31F3N4O3S. The van der Waals surface area contributed by atoms with E-state index >= 15 is 0 Å². The summed E-state index contributed by atoms with van der Waals surface area (Å²) in [4.78, 5) is 32.4. The molecule has 0 unspecified atom stereocenters. The van der Waals surface area contributed by atoms with Crippen LogP contribution in [0.1, 0.15) is 45.4 Å². The third-order valence-electron chi connectivity index (χ3n) is 6.42. The largest absolute Gasteiger partial charge is 0.573 e. The summed E-state index contributed by atoms with van der Waals surface area (Å²) in [5.41, 5.74) is 2.73. The molecule has 4 rings (SSSR count). The van der Waals surface area contributed by atoms with E-state index in [9.17, 15) is 22.8 Å². The molecule has 208 valence electrons. The molecule has 7 nitrogen and oxygen atoms in total. The molecule has 1 fully saturated rings. The Bertz CT molecular complexity index is 1290. The van der Waals surface area contributed by atoms with Gasteiger partial charge < -0.3 is 20.7 Å². The van der Waals surface area contributed by atoms with Crippen LogP contribution in [-0.2, 0) is 17.6 Å². The van der Waals surface area contributed by atoms with Crippen LogP contribution in [0.3, 0.4) is 0 Å². The number of hydrogen-bond donors (Lipinski definition) is 3. The van der Waals surface area contributed by atoms with Crippen molar-refractivity contribution in [3.63, 3.8) is 0 Å². The predicted molar refractivity (Wildman–Crippen MR) is 144 cm³/mol. The Labute approximate surface area is 229 Å². The second-order valence-corrected chi connectivity index (χ2v) is 10.8. The number of pyridine rings is 1. The van der Waals surface area contributed by atoms with Crippen molar-refractivity contribution in [3.8, 4) is 17.0 Å². The second-order valence-electron chi connectivity index (χ2n) is 9.50. The lowest BCUT2D eigenvalue weighted by molar-refractivity contribution is -0.274. The Hall–Kier alpha value is -3.44. The molecule has 39 heavy (non-hydrogen) atoms. The van der Waals surface area contributed by atoms with E-state index in [1.165, 1.54) is 29.5 Å². The van der Waals surface area contributed by atoms with E-state index < -0.39 is 12.4 Å². The maximum atomic E-state index is 13.2. The zero-order valence-corrected chi connectivity index (χ0v) is 22.5. The van der Waals surface area contributed by atoms with Crippen molar-refractivity contribution in [2.24, 2.45) is 0 Å². The van der Waals surface area contributed by atoms with Crippen molar-refractivity contribution < 1.29 is 27.5 Å². The number of rotatable bonds is 10. The van der Waals surface area contributed by atoms with Crippen molar-refractivity contribution >= 4 is 23.2 Å². The highest BCUT2D eigenvalue weighted by molar-refractivity contribution is 7.14. The van der Waals surface area contributed by atoms with E-state index in [-0.39, 0.29) is 30.0 Å². The van der Waals surface area contributed by atoms with Crippen LogP contribution in [0.15, 0.2) is 48.7 Å². The van der Waals surface area contributed by atoms with Gasteiger partial charge in [0.2, 0.25) is 5.91 Å². The fourth-order valence-electron chi connectivity index (χ4n) is 4.47.